The highest BCUT2D eigenvalue weighted by Crippen LogP contribution is 2.14. The van der Waals surface area contributed by atoms with E-state index in [4.69, 9.17) is 5.11 Å². The number of urea groups is 1. The Morgan fingerprint density at radius 3 is 2.95 bits per heavy atom. The van der Waals surface area contributed by atoms with Crippen LogP contribution in [-0.4, -0.2) is 55.1 Å². The second-order valence-electron chi connectivity index (χ2n) is 4.09. The molecule has 9 nitrogen and oxygen atoms in total. The van der Waals surface area contributed by atoms with Crippen LogP contribution in [0.2, 0.25) is 0 Å². The van der Waals surface area contributed by atoms with Crippen molar-refractivity contribution in [1.82, 2.24) is 25.3 Å². The summed E-state index contributed by atoms with van der Waals surface area (Å²) in [7, 11) is 0. The number of amides is 2. The van der Waals surface area contributed by atoms with Gasteiger partial charge in [-0.25, -0.2) is 24.5 Å². The largest absolute Gasteiger partial charge is 0.480 e. The number of fused-ring (bicyclic) bond motifs is 1. The molecule has 4 N–H and O–H groups in total. The van der Waals surface area contributed by atoms with Crippen molar-refractivity contribution < 1.29 is 14.7 Å². The van der Waals surface area contributed by atoms with E-state index < -0.39 is 18.0 Å². The molecule has 0 aliphatic rings. The summed E-state index contributed by atoms with van der Waals surface area (Å²) >= 11 is 1.51. The lowest BCUT2D eigenvalue weighted by molar-refractivity contribution is -0.139. The van der Waals surface area contributed by atoms with E-state index in [2.05, 4.69) is 30.6 Å². The Bertz CT molecular complexity index is 646. The number of imidazole rings is 1. The Morgan fingerprint density at radius 2 is 2.24 bits per heavy atom. The molecule has 2 heterocycles. The number of rotatable bonds is 6. The number of hydrogen-bond acceptors (Lipinski definition) is 6. The number of aromatic amines is 1. The van der Waals surface area contributed by atoms with Crippen molar-refractivity contribution >= 4 is 40.7 Å². The molecule has 2 amide bonds. The summed E-state index contributed by atoms with van der Waals surface area (Å²) in [6, 6.07) is -1.59. The van der Waals surface area contributed by atoms with E-state index in [1.54, 1.807) is 0 Å². The van der Waals surface area contributed by atoms with Crippen LogP contribution >= 0.6 is 11.8 Å². The summed E-state index contributed by atoms with van der Waals surface area (Å²) in [5, 5.41) is 13.9. The molecule has 112 valence electrons. The normalized spacial score (nSPS) is 12.0. The van der Waals surface area contributed by atoms with Crippen molar-refractivity contribution in [3.63, 3.8) is 0 Å². The number of aromatic nitrogens is 4. The molecule has 0 bridgehead atoms. The maximum absolute atomic E-state index is 11.9. The minimum Gasteiger partial charge on any atom is -0.480 e. The fraction of sp³-hybridized carbons (Fsp3) is 0.364. The molecule has 0 saturated heterocycles. The van der Waals surface area contributed by atoms with Gasteiger partial charge in [0.1, 0.15) is 17.9 Å². The quantitative estimate of drug-likeness (QED) is 0.616. The average molecular weight is 310 g/mol. The molecule has 0 unspecified atom stereocenters. The van der Waals surface area contributed by atoms with E-state index >= 15 is 0 Å². The first-order chi connectivity index (χ1) is 10.1. The lowest BCUT2D eigenvalue weighted by Crippen LogP contribution is -2.43. The van der Waals surface area contributed by atoms with Gasteiger partial charge in [-0.2, -0.15) is 11.8 Å². The van der Waals surface area contributed by atoms with Crippen molar-refractivity contribution in [2.75, 3.05) is 17.3 Å². The Balaban J connectivity index is 2.03. The Kier molecular flexibility index (Phi) is 4.93. The predicted octanol–water partition coefficient (Wildman–Crippen LogP) is 0.681. The number of hydrogen-bond donors (Lipinski definition) is 4. The molecule has 0 spiro atoms. The zero-order valence-corrected chi connectivity index (χ0v) is 12.0. The van der Waals surface area contributed by atoms with Gasteiger partial charge in [-0.05, 0) is 18.4 Å². The van der Waals surface area contributed by atoms with Gasteiger partial charge in [-0.3, -0.25) is 5.32 Å². The molecular formula is C11H14N6O3S. The van der Waals surface area contributed by atoms with Crippen LogP contribution in [0.1, 0.15) is 6.42 Å². The molecule has 2 aromatic heterocycles. The van der Waals surface area contributed by atoms with Gasteiger partial charge in [-0.1, -0.05) is 0 Å². The lowest BCUT2D eigenvalue weighted by atomic mass is 10.2. The Hall–Kier alpha value is -2.36. The maximum atomic E-state index is 11.9. The maximum Gasteiger partial charge on any atom is 0.326 e. The third-order valence-corrected chi connectivity index (χ3v) is 3.31. The third kappa shape index (κ3) is 3.81. The number of carbonyl (C=O) groups excluding carboxylic acids is 1. The van der Waals surface area contributed by atoms with Gasteiger partial charge in [0, 0.05) is 0 Å². The first kappa shape index (κ1) is 15.0. The van der Waals surface area contributed by atoms with Crippen molar-refractivity contribution in [3.8, 4) is 0 Å². The van der Waals surface area contributed by atoms with Gasteiger partial charge in [-0.15, -0.1) is 0 Å². The fourth-order valence-corrected chi connectivity index (χ4v) is 2.13. The van der Waals surface area contributed by atoms with Crippen molar-refractivity contribution in [1.29, 1.82) is 0 Å². The molecule has 2 aromatic rings. The van der Waals surface area contributed by atoms with Crippen LogP contribution in [0.25, 0.3) is 11.2 Å². The van der Waals surface area contributed by atoms with Crippen LogP contribution in [0, 0.1) is 0 Å². The fourth-order valence-electron chi connectivity index (χ4n) is 1.65. The SMILES string of the molecule is CSCC[C@H](NC(=O)Nc1ncnc2nc[nH]c12)C(=O)O. The summed E-state index contributed by atoms with van der Waals surface area (Å²) < 4.78 is 0. The van der Waals surface area contributed by atoms with Crippen LogP contribution in [0.3, 0.4) is 0 Å². The number of H-pyrrole nitrogens is 1. The standard InChI is InChI=1S/C11H14N6O3S/c1-21-3-2-6(10(18)19)16-11(20)17-9-7-8(13-4-12-7)14-5-15-9/h4-6H,2-3H2,1H3,(H,18,19)(H3,12,13,14,15,16,17,20)/t6-/m0/s1. The van der Waals surface area contributed by atoms with E-state index in [9.17, 15) is 9.59 Å². The molecule has 10 heteroatoms. The molecule has 0 aliphatic carbocycles. The first-order valence-corrected chi connectivity index (χ1v) is 7.44. The van der Waals surface area contributed by atoms with E-state index in [1.165, 1.54) is 24.4 Å². The van der Waals surface area contributed by atoms with Gasteiger partial charge >= 0.3 is 12.0 Å². The van der Waals surface area contributed by atoms with Crippen LogP contribution in [0.15, 0.2) is 12.7 Å². The highest BCUT2D eigenvalue weighted by atomic mass is 32.2. The summed E-state index contributed by atoms with van der Waals surface area (Å²) in [6.07, 6.45) is 4.91. The number of carboxylic acids is 1. The van der Waals surface area contributed by atoms with Crippen LogP contribution in [-0.2, 0) is 4.79 Å². The zero-order chi connectivity index (χ0) is 15.2. The van der Waals surface area contributed by atoms with Crippen molar-refractivity contribution in [2.45, 2.75) is 12.5 Å². The van der Waals surface area contributed by atoms with Gasteiger partial charge in [0.2, 0.25) is 0 Å². The Labute approximate surface area is 124 Å². The lowest BCUT2D eigenvalue weighted by Gasteiger charge is -2.14. The van der Waals surface area contributed by atoms with Gasteiger partial charge in [0.25, 0.3) is 0 Å². The highest BCUT2D eigenvalue weighted by molar-refractivity contribution is 7.98. The van der Waals surface area contributed by atoms with Crippen LogP contribution < -0.4 is 10.6 Å². The number of nitrogens with one attached hydrogen (secondary N) is 3. The van der Waals surface area contributed by atoms with Crippen LogP contribution in [0.5, 0.6) is 0 Å². The topological polar surface area (TPSA) is 133 Å². The molecule has 0 radical (unpaired) electrons. The molecule has 0 aliphatic heterocycles. The summed E-state index contributed by atoms with van der Waals surface area (Å²) in [6.45, 7) is 0. The smallest absolute Gasteiger partial charge is 0.326 e. The minimum atomic E-state index is -1.08. The molecular weight excluding hydrogens is 296 g/mol. The molecule has 0 aromatic carbocycles. The molecule has 2 rings (SSSR count). The van der Waals surface area contributed by atoms with E-state index in [0.29, 0.717) is 23.3 Å². The van der Waals surface area contributed by atoms with E-state index in [1.807, 2.05) is 6.26 Å². The van der Waals surface area contributed by atoms with Crippen molar-refractivity contribution in [2.24, 2.45) is 0 Å². The summed E-state index contributed by atoms with van der Waals surface area (Å²) in [5.74, 6) is -0.201. The number of aliphatic carboxylic acids is 1. The van der Waals surface area contributed by atoms with Crippen LogP contribution in [0.4, 0.5) is 10.6 Å². The monoisotopic (exact) mass is 310 g/mol. The highest BCUT2D eigenvalue weighted by Gasteiger charge is 2.20. The van der Waals surface area contributed by atoms with E-state index in [0.717, 1.165) is 0 Å². The molecule has 1 atom stereocenters. The second-order valence-corrected chi connectivity index (χ2v) is 5.08. The summed E-state index contributed by atoms with van der Waals surface area (Å²) in [4.78, 5) is 37.5. The predicted molar refractivity (Wildman–Crippen MR) is 78.3 cm³/mol. The average Bonchev–Trinajstić information content (AvgIpc) is 2.92. The molecule has 0 saturated carbocycles. The van der Waals surface area contributed by atoms with Crippen molar-refractivity contribution in [3.05, 3.63) is 12.7 Å². The molecule has 21 heavy (non-hydrogen) atoms. The number of thioether (sulfide) groups is 1. The number of anilines is 1. The van der Waals surface area contributed by atoms with Gasteiger partial charge in [0.05, 0.1) is 6.33 Å². The molecule has 0 fully saturated rings. The van der Waals surface area contributed by atoms with Gasteiger partial charge in [0.15, 0.2) is 11.5 Å². The zero-order valence-electron chi connectivity index (χ0n) is 11.2. The number of carbonyl (C=O) groups is 2. The number of carboxylic acid groups (broad SMARTS) is 1. The summed E-state index contributed by atoms with van der Waals surface area (Å²) in [5.41, 5.74) is 0.890. The third-order valence-electron chi connectivity index (χ3n) is 2.67. The Morgan fingerprint density at radius 1 is 1.43 bits per heavy atom. The number of nitrogens with zero attached hydrogens (tertiary/aromatic N) is 3. The minimum absolute atomic E-state index is 0.240. The van der Waals surface area contributed by atoms with E-state index in [-0.39, 0.29) is 5.82 Å². The van der Waals surface area contributed by atoms with Gasteiger partial charge < -0.3 is 15.4 Å². The second kappa shape index (κ2) is 6.88. The first-order valence-electron chi connectivity index (χ1n) is 6.05.